The number of nitrogens with two attached hydrogens (primary N) is 1. The summed E-state index contributed by atoms with van der Waals surface area (Å²) in [7, 11) is 0. The zero-order chi connectivity index (χ0) is 9.14. The van der Waals surface area contributed by atoms with Crippen LogP contribution in [0.5, 0.6) is 0 Å². The largest absolute Gasteiger partial charge is 0.322 e. The number of hydrogen-bond acceptors (Lipinski definition) is 4. The first-order valence-corrected chi connectivity index (χ1v) is 3.41. The van der Waals surface area contributed by atoms with Gasteiger partial charge in [-0.15, -0.1) is 5.10 Å². The number of nitrogens with zero attached hydrogens (tertiary/aromatic N) is 4. The van der Waals surface area contributed by atoms with Gasteiger partial charge in [0.25, 0.3) is 6.43 Å². The minimum Gasteiger partial charge on any atom is -0.322 e. The van der Waals surface area contributed by atoms with E-state index in [1.807, 2.05) is 0 Å². The van der Waals surface area contributed by atoms with E-state index in [1.54, 1.807) is 6.92 Å². The van der Waals surface area contributed by atoms with Gasteiger partial charge < -0.3 is 5.73 Å². The van der Waals surface area contributed by atoms with Crippen LogP contribution in [0, 0.1) is 0 Å². The number of alkyl halides is 2. The van der Waals surface area contributed by atoms with Crippen molar-refractivity contribution in [3.05, 3.63) is 5.82 Å². The molecule has 0 aliphatic carbocycles. The second kappa shape index (κ2) is 3.53. The van der Waals surface area contributed by atoms with E-state index in [2.05, 4.69) is 15.5 Å². The van der Waals surface area contributed by atoms with Crippen LogP contribution in [-0.2, 0) is 6.54 Å². The van der Waals surface area contributed by atoms with Crippen LogP contribution in [0.2, 0.25) is 0 Å². The molecule has 12 heavy (non-hydrogen) atoms. The first-order chi connectivity index (χ1) is 5.61. The van der Waals surface area contributed by atoms with Crippen molar-refractivity contribution in [1.29, 1.82) is 0 Å². The fourth-order valence-electron chi connectivity index (χ4n) is 0.798. The van der Waals surface area contributed by atoms with Crippen LogP contribution in [0.25, 0.3) is 0 Å². The van der Waals surface area contributed by atoms with E-state index < -0.39 is 19.0 Å². The number of tetrazole rings is 1. The maximum atomic E-state index is 11.9. The summed E-state index contributed by atoms with van der Waals surface area (Å²) in [5.41, 5.74) is 5.43. The first-order valence-electron chi connectivity index (χ1n) is 3.41. The van der Waals surface area contributed by atoms with Crippen molar-refractivity contribution in [1.82, 2.24) is 20.2 Å². The van der Waals surface area contributed by atoms with Crippen LogP contribution in [0.1, 0.15) is 18.8 Å². The van der Waals surface area contributed by atoms with Crippen molar-refractivity contribution in [2.45, 2.75) is 25.9 Å². The smallest absolute Gasteiger partial charge is 0.258 e. The minimum absolute atomic E-state index is 0.273. The highest BCUT2D eigenvalue weighted by molar-refractivity contribution is 4.87. The molecule has 7 heteroatoms. The number of rotatable bonds is 3. The lowest BCUT2D eigenvalue weighted by Gasteiger charge is -2.05. The lowest BCUT2D eigenvalue weighted by Crippen LogP contribution is -2.17. The van der Waals surface area contributed by atoms with E-state index in [0.29, 0.717) is 0 Å². The number of aromatic nitrogens is 4. The van der Waals surface area contributed by atoms with Crippen molar-refractivity contribution in [3.8, 4) is 0 Å². The minimum atomic E-state index is -2.47. The first kappa shape index (κ1) is 8.98. The predicted octanol–water partition coefficient (Wildman–Crippen LogP) is -0.0421. The zero-order valence-corrected chi connectivity index (χ0v) is 6.48. The molecule has 0 radical (unpaired) electrons. The van der Waals surface area contributed by atoms with Gasteiger partial charge >= 0.3 is 0 Å². The molecule has 0 saturated carbocycles. The summed E-state index contributed by atoms with van der Waals surface area (Å²) >= 11 is 0. The van der Waals surface area contributed by atoms with Crippen LogP contribution >= 0.6 is 0 Å². The molecule has 0 aliphatic rings. The second-order valence-electron chi connectivity index (χ2n) is 2.40. The van der Waals surface area contributed by atoms with Gasteiger partial charge in [-0.3, -0.25) is 0 Å². The quantitative estimate of drug-likeness (QED) is 0.703. The van der Waals surface area contributed by atoms with Crippen LogP contribution in [-0.4, -0.2) is 26.6 Å². The van der Waals surface area contributed by atoms with E-state index in [0.717, 1.165) is 4.68 Å². The third kappa shape index (κ3) is 1.94. The van der Waals surface area contributed by atoms with Crippen molar-refractivity contribution in [2.75, 3.05) is 0 Å². The molecule has 0 amide bonds. The van der Waals surface area contributed by atoms with Crippen molar-refractivity contribution in [2.24, 2.45) is 5.73 Å². The second-order valence-corrected chi connectivity index (χ2v) is 2.40. The van der Waals surface area contributed by atoms with Gasteiger partial charge in [0.2, 0.25) is 0 Å². The summed E-state index contributed by atoms with van der Waals surface area (Å²) in [6.07, 6.45) is -2.47. The molecule has 2 N–H and O–H groups in total. The molecular formula is C5H9F2N5. The molecule has 1 atom stereocenters. The number of hydrogen-bond donors (Lipinski definition) is 1. The zero-order valence-electron chi connectivity index (χ0n) is 6.48. The lowest BCUT2D eigenvalue weighted by molar-refractivity contribution is 0.119. The monoisotopic (exact) mass is 177 g/mol. The number of halogens is 2. The average molecular weight is 177 g/mol. The summed E-state index contributed by atoms with van der Waals surface area (Å²) in [4.78, 5) is 0. The van der Waals surface area contributed by atoms with Gasteiger partial charge in [-0.1, -0.05) is 0 Å². The SMILES string of the molecule is CC(N)c1nnnn1CC(F)F. The molecule has 0 bridgehead atoms. The molecule has 0 spiro atoms. The summed E-state index contributed by atoms with van der Waals surface area (Å²) in [5, 5.41) is 10.1. The van der Waals surface area contributed by atoms with Gasteiger partial charge in [-0.2, -0.15) is 0 Å². The third-order valence-electron chi connectivity index (χ3n) is 1.28. The summed E-state index contributed by atoms with van der Waals surface area (Å²) in [6, 6.07) is -0.432. The Morgan fingerprint density at radius 3 is 2.75 bits per heavy atom. The molecule has 1 aromatic heterocycles. The highest BCUT2D eigenvalue weighted by atomic mass is 19.3. The molecular weight excluding hydrogens is 168 g/mol. The van der Waals surface area contributed by atoms with E-state index in [1.165, 1.54) is 0 Å². The molecule has 1 aromatic rings. The molecule has 0 aliphatic heterocycles. The average Bonchev–Trinajstić information content (AvgIpc) is 2.33. The maximum Gasteiger partial charge on any atom is 0.258 e. The maximum absolute atomic E-state index is 11.9. The molecule has 1 unspecified atom stereocenters. The summed E-state index contributed by atoms with van der Waals surface area (Å²) < 4.78 is 24.8. The van der Waals surface area contributed by atoms with Crippen LogP contribution in [0.4, 0.5) is 8.78 Å². The van der Waals surface area contributed by atoms with Crippen LogP contribution in [0.3, 0.4) is 0 Å². The molecule has 0 aromatic carbocycles. The van der Waals surface area contributed by atoms with E-state index >= 15 is 0 Å². The van der Waals surface area contributed by atoms with Gasteiger partial charge in [0.1, 0.15) is 6.54 Å². The lowest BCUT2D eigenvalue weighted by atomic mass is 10.3. The fourth-order valence-corrected chi connectivity index (χ4v) is 0.798. The summed E-state index contributed by atoms with van der Waals surface area (Å²) in [5.74, 6) is 0.273. The van der Waals surface area contributed by atoms with Crippen molar-refractivity contribution >= 4 is 0 Å². The van der Waals surface area contributed by atoms with Gasteiger partial charge in [0.15, 0.2) is 5.82 Å². The molecule has 68 valence electrons. The van der Waals surface area contributed by atoms with Crippen LogP contribution in [0.15, 0.2) is 0 Å². The summed E-state index contributed by atoms with van der Waals surface area (Å²) in [6.45, 7) is 1.12. The Balaban J connectivity index is 2.77. The Kier molecular flexibility index (Phi) is 2.64. The van der Waals surface area contributed by atoms with E-state index in [4.69, 9.17) is 5.73 Å². The topological polar surface area (TPSA) is 69.6 Å². The molecule has 5 nitrogen and oxygen atoms in total. The van der Waals surface area contributed by atoms with E-state index in [9.17, 15) is 8.78 Å². The Labute approximate surface area is 67.5 Å². The Bertz CT molecular complexity index is 246. The van der Waals surface area contributed by atoms with Gasteiger partial charge in [0.05, 0.1) is 6.04 Å². The normalized spacial score (nSPS) is 13.8. The predicted molar refractivity (Wildman–Crippen MR) is 36.4 cm³/mol. The van der Waals surface area contributed by atoms with E-state index in [-0.39, 0.29) is 5.82 Å². The highest BCUT2D eigenvalue weighted by Gasteiger charge is 2.13. The van der Waals surface area contributed by atoms with Crippen molar-refractivity contribution in [3.63, 3.8) is 0 Å². The molecule has 1 rings (SSSR count). The van der Waals surface area contributed by atoms with Crippen molar-refractivity contribution < 1.29 is 8.78 Å². The van der Waals surface area contributed by atoms with Gasteiger partial charge in [-0.25, -0.2) is 13.5 Å². The highest BCUT2D eigenvalue weighted by Crippen LogP contribution is 2.05. The Morgan fingerprint density at radius 1 is 1.58 bits per heavy atom. The molecule has 1 heterocycles. The van der Waals surface area contributed by atoms with Gasteiger partial charge in [-0.05, 0) is 17.4 Å². The van der Waals surface area contributed by atoms with Gasteiger partial charge in [0, 0.05) is 0 Å². The Morgan fingerprint density at radius 2 is 2.25 bits per heavy atom. The fraction of sp³-hybridized carbons (Fsp3) is 0.800. The standard InChI is InChI=1S/C5H9F2N5/c1-3(8)5-9-10-11-12(5)2-4(6)7/h3-4H,2,8H2,1H3. The molecule has 0 saturated heterocycles. The molecule has 0 fully saturated rings. The Hall–Kier alpha value is -1.11. The van der Waals surface area contributed by atoms with Crippen LogP contribution < -0.4 is 5.73 Å². The third-order valence-corrected chi connectivity index (χ3v) is 1.28.